The number of hydrogen-bond donors (Lipinski definition) is 0. The van der Waals surface area contributed by atoms with E-state index in [1.165, 1.54) is 71.0 Å². The average Bonchev–Trinajstić information content (AvgIpc) is 2.86. The van der Waals surface area contributed by atoms with Crippen molar-refractivity contribution in [3.8, 4) is 0 Å². The van der Waals surface area contributed by atoms with Crippen LogP contribution >= 0.6 is 0 Å². The summed E-state index contributed by atoms with van der Waals surface area (Å²) in [7, 11) is 0. The molecule has 3 aliphatic rings. The summed E-state index contributed by atoms with van der Waals surface area (Å²) in [5.41, 5.74) is 0. The lowest BCUT2D eigenvalue weighted by Gasteiger charge is -2.47. The van der Waals surface area contributed by atoms with Gasteiger partial charge in [-0.25, -0.2) is 0 Å². The molecule has 0 N–H and O–H groups in total. The summed E-state index contributed by atoms with van der Waals surface area (Å²) in [6, 6.07) is 2.59. The molecule has 2 unspecified atom stereocenters. The first-order valence-corrected chi connectivity index (χ1v) is 8.77. The molecule has 0 aromatic carbocycles. The summed E-state index contributed by atoms with van der Waals surface area (Å²) in [5.74, 6) is 1.05. The van der Waals surface area contributed by atoms with Crippen LogP contribution in [-0.4, -0.2) is 47.6 Å². The van der Waals surface area contributed by atoms with Gasteiger partial charge >= 0.3 is 0 Å². The van der Waals surface area contributed by atoms with Crippen molar-refractivity contribution in [2.24, 2.45) is 5.92 Å². The predicted octanol–water partition coefficient (Wildman–Crippen LogP) is 3.51. The molecule has 2 saturated heterocycles. The Hall–Kier alpha value is -0.0800. The highest BCUT2D eigenvalue weighted by Gasteiger charge is 2.38. The first-order chi connectivity index (χ1) is 9.28. The van der Waals surface area contributed by atoms with Gasteiger partial charge in [0.15, 0.2) is 0 Å². The smallest absolute Gasteiger partial charge is 0.0224 e. The average molecular weight is 264 g/mol. The molecule has 3 fully saturated rings. The Kier molecular flexibility index (Phi) is 4.48. The van der Waals surface area contributed by atoms with Crippen LogP contribution in [0.1, 0.15) is 65.2 Å². The second kappa shape index (κ2) is 6.13. The summed E-state index contributed by atoms with van der Waals surface area (Å²) in [4.78, 5) is 5.64. The minimum Gasteiger partial charge on any atom is -0.298 e. The number of fused-ring (bicyclic) bond motifs is 1. The SMILES string of the molecule is CCCC1CCC(N2CC3CCCN3CC2C)CC1. The summed E-state index contributed by atoms with van der Waals surface area (Å²) in [6.45, 7) is 8.87. The minimum absolute atomic E-state index is 0.794. The van der Waals surface area contributed by atoms with Crippen molar-refractivity contribution in [2.45, 2.75) is 83.3 Å². The van der Waals surface area contributed by atoms with Gasteiger partial charge in [0.05, 0.1) is 0 Å². The van der Waals surface area contributed by atoms with Crippen LogP contribution in [0.4, 0.5) is 0 Å². The van der Waals surface area contributed by atoms with Crippen LogP contribution in [0.5, 0.6) is 0 Å². The Bertz CT molecular complexity index is 283. The fourth-order valence-electron chi connectivity index (χ4n) is 4.89. The topological polar surface area (TPSA) is 6.48 Å². The van der Waals surface area contributed by atoms with Gasteiger partial charge in [-0.15, -0.1) is 0 Å². The van der Waals surface area contributed by atoms with Crippen molar-refractivity contribution < 1.29 is 0 Å². The van der Waals surface area contributed by atoms with Crippen LogP contribution in [0.2, 0.25) is 0 Å². The van der Waals surface area contributed by atoms with E-state index in [1.54, 1.807) is 0 Å². The molecule has 2 atom stereocenters. The van der Waals surface area contributed by atoms with Gasteiger partial charge in [-0.1, -0.05) is 19.8 Å². The molecule has 2 nitrogen and oxygen atoms in total. The van der Waals surface area contributed by atoms with Crippen molar-refractivity contribution in [1.82, 2.24) is 9.80 Å². The van der Waals surface area contributed by atoms with Gasteiger partial charge in [0.25, 0.3) is 0 Å². The Morgan fingerprint density at radius 3 is 2.47 bits per heavy atom. The van der Waals surface area contributed by atoms with E-state index in [2.05, 4.69) is 23.6 Å². The fourth-order valence-corrected chi connectivity index (χ4v) is 4.89. The van der Waals surface area contributed by atoms with Crippen LogP contribution in [0.3, 0.4) is 0 Å². The highest BCUT2D eigenvalue weighted by atomic mass is 15.3. The monoisotopic (exact) mass is 264 g/mol. The molecule has 1 saturated carbocycles. The van der Waals surface area contributed by atoms with Crippen molar-refractivity contribution in [3.63, 3.8) is 0 Å². The lowest BCUT2D eigenvalue weighted by Crippen LogP contribution is -2.58. The molecule has 0 amide bonds. The standard InChI is InChI=1S/C17H32N2/c1-3-5-15-7-9-16(10-8-15)19-13-17-6-4-11-18(17)12-14(19)2/h14-17H,3-13H2,1-2H3. The Morgan fingerprint density at radius 2 is 1.74 bits per heavy atom. The van der Waals surface area contributed by atoms with E-state index in [-0.39, 0.29) is 0 Å². The number of nitrogens with zero attached hydrogens (tertiary/aromatic N) is 2. The number of hydrogen-bond acceptors (Lipinski definition) is 2. The predicted molar refractivity (Wildman–Crippen MR) is 81.4 cm³/mol. The molecule has 0 aromatic heterocycles. The largest absolute Gasteiger partial charge is 0.298 e. The van der Waals surface area contributed by atoms with E-state index in [4.69, 9.17) is 0 Å². The third-order valence-electron chi connectivity index (χ3n) is 5.97. The van der Waals surface area contributed by atoms with Gasteiger partial charge in [-0.3, -0.25) is 9.80 Å². The second-order valence-corrected chi connectivity index (χ2v) is 7.30. The zero-order chi connectivity index (χ0) is 13.2. The fraction of sp³-hybridized carbons (Fsp3) is 1.00. The maximum absolute atomic E-state index is 2.88. The molecule has 2 aliphatic heterocycles. The van der Waals surface area contributed by atoms with E-state index >= 15 is 0 Å². The van der Waals surface area contributed by atoms with Crippen molar-refractivity contribution >= 4 is 0 Å². The van der Waals surface area contributed by atoms with Gasteiger partial charge in [0.2, 0.25) is 0 Å². The molecule has 0 radical (unpaired) electrons. The van der Waals surface area contributed by atoms with Gasteiger partial charge in [-0.2, -0.15) is 0 Å². The Morgan fingerprint density at radius 1 is 0.947 bits per heavy atom. The first-order valence-electron chi connectivity index (χ1n) is 8.77. The van der Waals surface area contributed by atoms with E-state index in [9.17, 15) is 0 Å². The van der Waals surface area contributed by atoms with Crippen molar-refractivity contribution in [3.05, 3.63) is 0 Å². The first kappa shape index (κ1) is 13.9. The van der Waals surface area contributed by atoms with Crippen LogP contribution < -0.4 is 0 Å². The van der Waals surface area contributed by atoms with Crippen LogP contribution in [-0.2, 0) is 0 Å². The maximum atomic E-state index is 2.88. The summed E-state index contributed by atoms with van der Waals surface area (Å²) in [5, 5.41) is 0. The molecule has 1 aliphatic carbocycles. The van der Waals surface area contributed by atoms with E-state index in [1.807, 2.05) is 0 Å². The molecule has 3 rings (SSSR count). The summed E-state index contributed by atoms with van der Waals surface area (Å²) in [6.07, 6.45) is 11.7. The second-order valence-electron chi connectivity index (χ2n) is 7.30. The molecule has 0 bridgehead atoms. The summed E-state index contributed by atoms with van der Waals surface area (Å²) < 4.78 is 0. The Balaban J connectivity index is 1.54. The van der Waals surface area contributed by atoms with Crippen LogP contribution in [0.15, 0.2) is 0 Å². The maximum Gasteiger partial charge on any atom is 0.0224 e. The van der Waals surface area contributed by atoms with Crippen molar-refractivity contribution in [1.29, 1.82) is 0 Å². The molecular weight excluding hydrogens is 232 g/mol. The quantitative estimate of drug-likeness (QED) is 0.769. The molecular formula is C17H32N2. The van der Waals surface area contributed by atoms with E-state index in [0.717, 1.165) is 24.0 Å². The lowest BCUT2D eigenvalue weighted by molar-refractivity contribution is 0.0106. The van der Waals surface area contributed by atoms with Gasteiger partial charge < -0.3 is 0 Å². The molecule has 19 heavy (non-hydrogen) atoms. The zero-order valence-electron chi connectivity index (χ0n) is 13.0. The third-order valence-corrected chi connectivity index (χ3v) is 5.97. The van der Waals surface area contributed by atoms with Crippen molar-refractivity contribution in [2.75, 3.05) is 19.6 Å². The summed E-state index contributed by atoms with van der Waals surface area (Å²) >= 11 is 0. The highest BCUT2D eigenvalue weighted by Crippen LogP contribution is 2.34. The van der Waals surface area contributed by atoms with Gasteiger partial charge in [0.1, 0.15) is 0 Å². The highest BCUT2D eigenvalue weighted by molar-refractivity contribution is 4.94. The van der Waals surface area contributed by atoms with Gasteiger partial charge in [0, 0.05) is 31.2 Å². The molecule has 2 heterocycles. The molecule has 0 aromatic rings. The molecule has 0 spiro atoms. The molecule has 110 valence electrons. The minimum atomic E-state index is 0.794. The zero-order valence-corrected chi connectivity index (χ0v) is 13.0. The molecule has 2 heteroatoms. The number of rotatable bonds is 3. The number of piperazine rings is 1. The Labute approximate surface area is 119 Å². The van der Waals surface area contributed by atoms with Crippen LogP contribution in [0.25, 0.3) is 0 Å². The third kappa shape index (κ3) is 3.00. The van der Waals surface area contributed by atoms with E-state index < -0.39 is 0 Å². The van der Waals surface area contributed by atoms with Crippen LogP contribution in [0, 0.1) is 5.92 Å². The van der Waals surface area contributed by atoms with Gasteiger partial charge in [-0.05, 0) is 57.9 Å². The lowest BCUT2D eigenvalue weighted by atomic mass is 9.82. The van der Waals surface area contributed by atoms with E-state index in [0.29, 0.717) is 0 Å². The normalized spacial score (nSPS) is 41.4.